The molecule has 0 aliphatic carbocycles. The molecule has 2 aliphatic heterocycles. The van der Waals surface area contributed by atoms with Crippen molar-refractivity contribution in [3.8, 4) is 22.1 Å². The highest BCUT2D eigenvalue weighted by Crippen LogP contribution is 2.35. The minimum atomic E-state index is -1.05. The second kappa shape index (κ2) is 12.7. The van der Waals surface area contributed by atoms with Crippen LogP contribution in [0.15, 0.2) is 65.4 Å². The number of rotatable bonds is 9. The Morgan fingerprint density at radius 2 is 1.73 bits per heavy atom. The fraction of sp³-hybridized carbons (Fsp3) is 0.267. The number of nitrogen functional groups attached to an aromatic ring is 1. The lowest BCUT2D eigenvalue weighted by Crippen LogP contribution is -2.49. The van der Waals surface area contributed by atoms with Crippen molar-refractivity contribution >= 4 is 46.2 Å². The van der Waals surface area contributed by atoms with Gasteiger partial charge in [0.25, 0.3) is 5.91 Å². The lowest BCUT2D eigenvalue weighted by atomic mass is 10.1. The predicted molar refractivity (Wildman–Crippen MR) is 162 cm³/mol. The van der Waals surface area contributed by atoms with Crippen molar-refractivity contribution < 1.29 is 33.0 Å². The number of likely N-dealkylation sites (tertiary alicyclic amines) is 1. The van der Waals surface area contributed by atoms with Gasteiger partial charge in [-0.05, 0) is 54.6 Å². The van der Waals surface area contributed by atoms with Gasteiger partial charge in [0.1, 0.15) is 34.2 Å². The molecule has 11 nitrogen and oxygen atoms in total. The van der Waals surface area contributed by atoms with Crippen LogP contribution in [0.2, 0.25) is 0 Å². The van der Waals surface area contributed by atoms with Crippen molar-refractivity contribution in [2.24, 2.45) is 0 Å². The maximum atomic E-state index is 13.3. The van der Waals surface area contributed by atoms with E-state index in [1.165, 1.54) is 51.8 Å². The summed E-state index contributed by atoms with van der Waals surface area (Å²) in [6.45, 7) is 0.761. The normalized spacial score (nSPS) is 17.1. The number of carbonyl (C=O) groups is 3. The van der Waals surface area contributed by atoms with Crippen molar-refractivity contribution in [1.82, 2.24) is 20.5 Å². The van der Waals surface area contributed by atoms with Gasteiger partial charge < -0.3 is 35.5 Å². The van der Waals surface area contributed by atoms with Crippen molar-refractivity contribution in [3.63, 3.8) is 0 Å². The fourth-order valence-electron chi connectivity index (χ4n) is 5.01. The number of anilines is 1. The molecule has 2 aromatic heterocycles. The average Bonchev–Trinajstić information content (AvgIpc) is 3.84. The number of nitrogens with one attached hydrogen (secondary N) is 2. The van der Waals surface area contributed by atoms with Gasteiger partial charge in [-0.3, -0.25) is 14.4 Å². The lowest BCUT2D eigenvalue weighted by molar-refractivity contribution is -0.152. The van der Waals surface area contributed by atoms with Gasteiger partial charge in [-0.15, -0.1) is 22.7 Å². The Kier molecular flexibility index (Phi) is 8.57. The molecule has 0 radical (unpaired) electrons. The molecule has 1 unspecified atom stereocenters. The van der Waals surface area contributed by atoms with Crippen LogP contribution in [0.1, 0.15) is 21.7 Å². The first kappa shape index (κ1) is 29.7. The quantitative estimate of drug-likeness (QED) is 0.252. The Bertz CT molecular complexity index is 1650. The highest BCUT2D eigenvalue weighted by atomic mass is 32.1. The Balaban J connectivity index is 1.05. The van der Waals surface area contributed by atoms with Gasteiger partial charge in [-0.1, -0.05) is 0 Å². The molecule has 1 atom stereocenters. The second-order valence-electron chi connectivity index (χ2n) is 10.2. The SMILES string of the molecule is Nc1csc(-c2csc(CNC(=O)C3CC4(CN3C(=O)CNC(=O)c3ccc(Oc5ccc(F)cc5)cc3)OCCO4)c2)n1. The minimum absolute atomic E-state index is 0.0732. The van der Waals surface area contributed by atoms with Crippen LogP contribution in [0.4, 0.5) is 10.2 Å². The molecule has 2 aliphatic rings. The summed E-state index contributed by atoms with van der Waals surface area (Å²) in [6, 6.07) is 13.0. The third-order valence-electron chi connectivity index (χ3n) is 7.15. The van der Waals surface area contributed by atoms with Gasteiger partial charge in [0, 0.05) is 33.2 Å². The number of halogens is 1. The first-order chi connectivity index (χ1) is 21.3. The minimum Gasteiger partial charge on any atom is -0.457 e. The summed E-state index contributed by atoms with van der Waals surface area (Å²) in [6.07, 6.45) is 0.183. The lowest BCUT2D eigenvalue weighted by Gasteiger charge is -2.24. The fourth-order valence-corrected chi connectivity index (χ4v) is 6.59. The van der Waals surface area contributed by atoms with Crippen molar-refractivity contribution in [1.29, 1.82) is 0 Å². The molecule has 4 N–H and O–H groups in total. The van der Waals surface area contributed by atoms with E-state index >= 15 is 0 Å². The molecule has 44 heavy (non-hydrogen) atoms. The molecule has 14 heteroatoms. The number of benzene rings is 2. The van der Waals surface area contributed by atoms with E-state index in [1.54, 1.807) is 29.6 Å². The monoisotopic (exact) mass is 637 g/mol. The molecule has 4 aromatic rings. The largest absolute Gasteiger partial charge is 0.457 e. The number of thiazole rings is 1. The topological polar surface area (TPSA) is 145 Å². The maximum absolute atomic E-state index is 13.3. The van der Waals surface area contributed by atoms with Crippen LogP contribution in [0, 0.1) is 5.82 Å². The van der Waals surface area contributed by atoms with E-state index in [-0.39, 0.29) is 37.8 Å². The Labute approximate surface area is 259 Å². The van der Waals surface area contributed by atoms with Gasteiger partial charge >= 0.3 is 0 Å². The second-order valence-corrected chi connectivity index (χ2v) is 12.1. The third-order valence-corrected chi connectivity index (χ3v) is 9.00. The zero-order valence-corrected chi connectivity index (χ0v) is 24.9. The Morgan fingerprint density at radius 1 is 1.02 bits per heavy atom. The highest BCUT2D eigenvalue weighted by Gasteiger charge is 2.52. The number of carbonyl (C=O) groups excluding carboxylic acids is 3. The van der Waals surface area contributed by atoms with E-state index in [1.807, 2.05) is 11.4 Å². The van der Waals surface area contributed by atoms with Crippen LogP contribution in [-0.4, -0.2) is 65.7 Å². The summed E-state index contributed by atoms with van der Waals surface area (Å²) in [4.78, 5) is 46.1. The van der Waals surface area contributed by atoms with E-state index in [2.05, 4.69) is 15.6 Å². The molecule has 2 aromatic carbocycles. The van der Waals surface area contributed by atoms with Crippen LogP contribution in [0.25, 0.3) is 10.6 Å². The van der Waals surface area contributed by atoms with Crippen molar-refractivity contribution in [3.05, 3.63) is 81.6 Å². The molecule has 6 rings (SSSR count). The molecular formula is C30H28FN5O6S2. The van der Waals surface area contributed by atoms with Crippen molar-refractivity contribution in [2.45, 2.75) is 24.8 Å². The summed E-state index contributed by atoms with van der Waals surface area (Å²) in [5.74, 6) is -1.30. The number of thiophene rings is 1. The summed E-state index contributed by atoms with van der Waals surface area (Å²) >= 11 is 2.93. The van der Waals surface area contributed by atoms with Gasteiger partial charge in [-0.25, -0.2) is 9.37 Å². The number of nitrogens with two attached hydrogens (primary N) is 1. The first-order valence-electron chi connectivity index (χ1n) is 13.7. The molecule has 228 valence electrons. The Hall–Kier alpha value is -4.37. The van der Waals surface area contributed by atoms with Crippen LogP contribution < -0.4 is 21.1 Å². The van der Waals surface area contributed by atoms with Gasteiger partial charge in [0.2, 0.25) is 11.8 Å². The Morgan fingerprint density at radius 3 is 2.41 bits per heavy atom. The molecule has 3 amide bonds. The van der Waals surface area contributed by atoms with Gasteiger partial charge in [0.05, 0.1) is 32.8 Å². The highest BCUT2D eigenvalue weighted by molar-refractivity contribution is 7.14. The van der Waals surface area contributed by atoms with Crippen LogP contribution in [0.3, 0.4) is 0 Å². The smallest absolute Gasteiger partial charge is 0.251 e. The number of hydrogen-bond donors (Lipinski definition) is 3. The van der Waals surface area contributed by atoms with Gasteiger partial charge in [-0.2, -0.15) is 0 Å². The summed E-state index contributed by atoms with van der Waals surface area (Å²) in [5.41, 5.74) is 6.98. The number of hydrogen-bond acceptors (Lipinski definition) is 10. The molecule has 0 saturated carbocycles. The zero-order chi connectivity index (χ0) is 30.7. The number of amides is 3. The summed E-state index contributed by atoms with van der Waals surface area (Å²) < 4.78 is 30.4. The van der Waals surface area contributed by atoms with E-state index in [9.17, 15) is 18.8 Å². The third kappa shape index (κ3) is 6.73. The van der Waals surface area contributed by atoms with E-state index in [0.717, 1.165) is 15.4 Å². The van der Waals surface area contributed by atoms with E-state index in [4.69, 9.17) is 19.9 Å². The predicted octanol–water partition coefficient (Wildman–Crippen LogP) is 3.78. The van der Waals surface area contributed by atoms with E-state index < -0.39 is 23.6 Å². The first-order valence-corrected chi connectivity index (χ1v) is 15.5. The molecular weight excluding hydrogens is 609 g/mol. The number of ether oxygens (including phenoxy) is 3. The van der Waals surface area contributed by atoms with Crippen molar-refractivity contribution in [2.75, 3.05) is 32.0 Å². The zero-order valence-electron chi connectivity index (χ0n) is 23.3. The number of nitrogens with zero attached hydrogens (tertiary/aromatic N) is 2. The van der Waals surface area contributed by atoms with Crippen LogP contribution >= 0.6 is 22.7 Å². The number of aromatic nitrogens is 1. The van der Waals surface area contributed by atoms with Crippen LogP contribution in [-0.2, 0) is 25.6 Å². The van der Waals surface area contributed by atoms with Crippen LogP contribution in [0.5, 0.6) is 11.5 Å². The summed E-state index contributed by atoms with van der Waals surface area (Å²) in [7, 11) is 0. The van der Waals surface area contributed by atoms with Gasteiger partial charge in [0.15, 0.2) is 5.79 Å². The molecule has 0 bridgehead atoms. The average molecular weight is 638 g/mol. The molecule has 2 saturated heterocycles. The standard InChI is InChI=1S/C30H28FN5O6S2/c31-20-3-7-22(8-4-20)42-21-5-1-18(2-6-21)27(38)34-14-26(37)36-17-30(40-9-10-41-30)12-24(36)28(39)33-13-23-11-19(15-43-23)29-35-25(32)16-44-29/h1-8,11,15-16,24H,9-10,12-14,17,32H2,(H,33,39)(H,34,38). The maximum Gasteiger partial charge on any atom is 0.251 e. The molecule has 2 fully saturated rings. The molecule has 4 heterocycles. The molecule has 1 spiro atoms. The van der Waals surface area contributed by atoms with E-state index in [0.29, 0.717) is 36.1 Å². The summed E-state index contributed by atoms with van der Waals surface area (Å²) in [5, 5.41) is 10.1.